The fraction of sp³-hybridized carbons (Fsp3) is 0.182. The van der Waals surface area contributed by atoms with Crippen LogP contribution in [0, 0.1) is 0 Å². The summed E-state index contributed by atoms with van der Waals surface area (Å²) in [5.74, 6) is 0.465. The van der Waals surface area contributed by atoms with Gasteiger partial charge in [0.1, 0.15) is 0 Å². The van der Waals surface area contributed by atoms with Gasteiger partial charge in [-0.3, -0.25) is 4.79 Å². The molecule has 0 saturated heterocycles. The lowest BCUT2D eigenvalue weighted by atomic mass is 10.3. The van der Waals surface area contributed by atoms with Gasteiger partial charge in [0.15, 0.2) is 5.82 Å². The molecule has 1 aromatic heterocycles. The Morgan fingerprint density at radius 2 is 2.12 bits per heavy atom. The van der Waals surface area contributed by atoms with Crippen LogP contribution in [0.3, 0.4) is 0 Å². The van der Waals surface area contributed by atoms with Gasteiger partial charge in [-0.15, -0.1) is 0 Å². The van der Waals surface area contributed by atoms with Gasteiger partial charge in [0.05, 0.1) is 13.0 Å². The van der Waals surface area contributed by atoms with Gasteiger partial charge in [0.25, 0.3) is 0 Å². The largest absolute Gasteiger partial charge is 0.338 e. The minimum absolute atomic E-state index is 0.0679. The van der Waals surface area contributed by atoms with Crippen molar-refractivity contribution in [1.82, 2.24) is 10.1 Å². The summed E-state index contributed by atoms with van der Waals surface area (Å²) in [5, 5.41) is 6.37. The fourth-order valence-electron chi connectivity index (χ4n) is 1.32. The van der Waals surface area contributed by atoms with Crippen LogP contribution in [0.4, 0.5) is 5.69 Å². The standard InChI is InChI=1S/C11H12N4O2/c12-7-11-14-9(15-17-11)6-10(16)13-8-4-2-1-3-5-8/h1-5H,6-7,12H2,(H,13,16). The molecule has 0 spiro atoms. The second-order valence-corrected chi connectivity index (χ2v) is 3.40. The van der Waals surface area contributed by atoms with E-state index in [1.54, 1.807) is 12.1 Å². The average Bonchev–Trinajstić information content (AvgIpc) is 2.78. The monoisotopic (exact) mass is 232 g/mol. The second-order valence-electron chi connectivity index (χ2n) is 3.40. The highest BCUT2D eigenvalue weighted by atomic mass is 16.5. The van der Waals surface area contributed by atoms with Crippen LogP contribution in [0.2, 0.25) is 0 Å². The lowest BCUT2D eigenvalue weighted by Gasteiger charge is -2.01. The van der Waals surface area contributed by atoms with Gasteiger partial charge < -0.3 is 15.6 Å². The number of amides is 1. The number of aromatic nitrogens is 2. The van der Waals surface area contributed by atoms with E-state index in [-0.39, 0.29) is 18.9 Å². The summed E-state index contributed by atoms with van der Waals surface area (Å²) in [6.07, 6.45) is 0.0679. The predicted octanol–water partition coefficient (Wildman–Crippen LogP) is 0.709. The summed E-state index contributed by atoms with van der Waals surface area (Å²) in [6, 6.07) is 9.17. The van der Waals surface area contributed by atoms with Crippen molar-refractivity contribution < 1.29 is 9.32 Å². The topological polar surface area (TPSA) is 94.0 Å². The molecule has 2 aromatic rings. The maximum Gasteiger partial charge on any atom is 0.240 e. The number of nitrogens with zero attached hydrogens (tertiary/aromatic N) is 2. The summed E-state index contributed by atoms with van der Waals surface area (Å²) in [5.41, 5.74) is 6.06. The van der Waals surface area contributed by atoms with Crippen LogP contribution in [0.25, 0.3) is 0 Å². The quantitative estimate of drug-likeness (QED) is 0.809. The molecule has 17 heavy (non-hydrogen) atoms. The van der Waals surface area contributed by atoms with E-state index in [1.165, 1.54) is 0 Å². The number of carbonyl (C=O) groups is 1. The van der Waals surface area contributed by atoms with Gasteiger partial charge >= 0.3 is 0 Å². The lowest BCUT2D eigenvalue weighted by Crippen LogP contribution is -2.15. The fourth-order valence-corrected chi connectivity index (χ4v) is 1.32. The number of carbonyl (C=O) groups excluding carboxylic acids is 1. The zero-order valence-electron chi connectivity index (χ0n) is 9.09. The number of benzene rings is 1. The zero-order chi connectivity index (χ0) is 12.1. The molecule has 0 aliphatic rings. The highest BCUT2D eigenvalue weighted by Crippen LogP contribution is 2.06. The van der Waals surface area contributed by atoms with Gasteiger partial charge in [-0.2, -0.15) is 4.98 Å². The molecule has 0 unspecified atom stereocenters. The second kappa shape index (κ2) is 5.22. The molecule has 3 N–H and O–H groups in total. The molecular formula is C11H12N4O2. The van der Waals surface area contributed by atoms with Gasteiger partial charge in [-0.05, 0) is 12.1 Å². The smallest absolute Gasteiger partial charge is 0.240 e. The van der Waals surface area contributed by atoms with Gasteiger partial charge in [-0.25, -0.2) is 0 Å². The van der Waals surface area contributed by atoms with Crippen LogP contribution in [-0.4, -0.2) is 16.0 Å². The average molecular weight is 232 g/mol. The Labute approximate surface area is 97.8 Å². The Hall–Kier alpha value is -2.21. The number of nitrogens with one attached hydrogen (secondary N) is 1. The van der Waals surface area contributed by atoms with E-state index in [9.17, 15) is 4.79 Å². The SMILES string of the molecule is NCc1nc(CC(=O)Nc2ccccc2)no1. The first-order valence-corrected chi connectivity index (χ1v) is 5.14. The summed E-state index contributed by atoms with van der Waals surface area (Å²) >= 11 is 0. The number of hydrogen-bond acceptors (Lipinski definition) is 5. The minimum Gasteiger partial charge on any atom is -0.338 e. The zero-order valence-corrected chi connectivity index (χ0v) is 9.09. The molecule has 0 radical (unpaired) electrons. The van der Waals surface area contributed by atoms with E-state index in [1.807, 2.05) is 18.2 Å². The van der Waals surface area contributed by atoms with Crippen molar-refractivity contribution in [2.24, 2.45) is 5.73 Å². The molecule has 0 bridgehead atoms. The Balaban J connectivity index is 1.93. The number of hydrogen-bond donors (Lipinski definition) is 2. The van der Waals surface area contributed by atoms with Crippen LogP contribution in [0.5, 0.6) is 0 Å². The number of para-hydroxylation sites is 1. The highest BCUT2D eigenvalue weighted by molar-refractivity contribution is 5.91. The van der Waals surface area contributed by atoms with Gasteiger partial charge in [0, 0.05) is 5.69 Å². The van der Waals surface area contributed by atoms with Gasteiger partial charge in [0.2, 0.25) is 11.8 Å². The summed E-state index contributed by atoms with van der Waals surface area (Å²) in [4.78, 5) is 15.6. The van der Waals surface area contributed by atoms with Crippen molar-refractivity contribution in [2.45, 2.75) is 13.0 Å². The predicted molar refractivity (Wildman–Crippen MR) is 61.0 cm³/mol. The van der Waals surface area contributed by atoms with E-state index >= 15 is 0 Å². The molecule has 6 nitrogen and oxygen atoms in total. The van der Waals surface area contributed by atoms with Crippen molar-refractivity contribution in [1.29, 1.82) is 0 Å². The van der Waals surface area contributed by atoms with Crippen molar-refractivity contribution in [2.75, 3.05) is 5.32 Å². The van der Waals surface area contributed by atoms with E-state index < -0.39 is 0 Å². The maximum absolute atomic E-state index is 11.6. The molecule has 1 amide bonds. The minimum atomic E-state index is -0.194. The summed E-state index contributed by atoms with van der Waals surface area (Å²) < 4.78 is 4.80. The molecule has 1 aromatic carbocycles. The first-order chi connectivity index (χ1) is 8.28. The number of nitrogens with two attached hydrogens (primary N) is 1. The van der Waals surface area contributed by atoms with Crippen molar-refractivity contribution in [3.63, 3.8) is 0 Å². The van der Waals surface area contributed by atoms with Crippen LogP contribution in [0.15, 0.2) is 34.9 Å². The van der Waals surface area contributed by atoms with Crippen molar-refractivity contribution >= 4 is 11.6 Å². The van der Waals surface area contributed by atoms with E-state index in [0.717, 1.165) is 5.69 Å². The summed E-state index contributed by atoms with van der Waals surface area (Å²) in [7, 11) is 0. The molecule has 1 heterocycles. The van der Waals surface area contributed by atoms with E-state index in [0.29, 0.717) is 11.7 Å². The third-order valence-electron chi connectivity index (χ3n) is 2.06. The molecule has 0 atom stereocenters. The molecule has 6 heteroatoms. The first kappa shape index (κ1) is 11.3. The van der Waals surface area contributed by atoms with Crippen LogP contribution < -0.4 is 11.1 Å². The third-order valence-corrected chi connectivity index (χ3v) is 2.06. The van der Waals surface area contributed by atoms with Crippen molar-refractivity contribution in [3.05, 3.63) is 42.0 Å². The van der Waals surface area contributed by atoms with Gasteiger partial charge in [-0.1, -0.05) is 23.4 Å². The molecule has 0 fully saturated rings. The molecule has 88 valence electrons. The number of rotatable bonds is 4. The third kappa shape index (κ3) is 3.12. The van der Waals surface area contributed by atoms with Crippen LogP contribution in [-0.2, 0) is 17.8 Å². The van der Waals surface area contributed by atoms with E-state index in [2.05, 4.69) is 15.5 Å². The van der Waals surface area contributed by atoms with Crippen LogP contribution in [0.1, 0.15) is 11.7 Å². The molecule has 0 saturated carbocycles. The molecular weight excluding hydrogens is 220 g/mol. The first-order valence-electron chi connectivity index (χ1n) is 5.14. The molecule has 2 rings (SSSR count). The van der Waals surface area contributed by atoms with Crippen molar-refractivity contribution in [3.8, 4) is 0 Å². The maximum atomic E-state index is 11.6. The van der Waals surface area contributed by atoms with E-state index in [4.69, 9.17) is 10.3 Å². The highest BCUT2D eigenvalue weighted by Gasteiger charge is 2.10. The Morgan fingerprint density at radius 1 is 1.35 bits per heavy atom. The Kier molecular flexibility index (Phi) is 3.46. The molecule has 0 aliphatic carbocycles. The normalized spacial score (nSPS) is 10.2. The molecule has 0 aliphatic heterocycles. The Morgan fingerprint density at radius 3 is 2.76 bits per heavy atom. The summed E-state index contributed by atoms with van der Waals surface area (Å²) in [6.45, 7) is 0.174. The lowest BCUT2D eigenvalue weighted by molar-refractivity contribution is -0.115. The number of anilines is 1. The van der Waals surface area contributed by atoms with Crippen LogP contribution >= 0.6 is 0 Å². The Bertz CT molecular complexity index is 495.